The number of hydrogen-bond donors (Lipinski definition) is 0. The SMILES string of the molecule is CCOCC[N+](CC)(CC)Cc1ccccc1.[Br-]. The summed E-state index contributed by atoms with van der Waals surface area (Å²) in [5.41, 5.74) is 1.42. The molecule has 18 heavy (non-hydrogen) atoms. The largest absolute Gasteiger partial charge is 1.00 e. The van der Waals surface area contributed by atoms with Gasteiger partial charge in [-0.05, 0) is 20.8 Å². The van der Waals surface area contributed by atoms with Gasteiger partial charge in [-0.1, -0.05) is 30.3 Å². The summed E-state index contributed by atoms with van der Waals surface area (Å²) in [6, 6.07) is 10.8. The van der Waals surface area contributed by atoms with Gasteiger partial charge in [0.2, 0.25) is 0 Å². The summed E-state index contributed by atoms with van der Waals surface area (Å²) in [4.78, 5) is 0. The van der Waals surface area contributed by atoms with Crippen LogP contribution in [0.15, 0.2) is 30.3 Å². The average Bonchev–Trinajstić information content (AvgIpc) is 2.39. The fraction of sp³-hybridized carbons (Fsp3) is 0.600. The quantitative estimate of drug-likeness (QED) is 0.488. The fourth-order valence-electron chi connectivity index (χ4n) is 2.22. The summed E-state index contributed by atoms with van der Waals surface area (Å²) < 4.78 is 6.63. The number of ether oxygens (including phenoxy) is 1. The molecule has 0 spiro atoms. The first-order chi connectivity index (χ1) is 8.26. The topological polar surface area (TPSA) is 9.23 Å². The first kappa shape index (κ1) is 17.6. The number of benzene rings is 1. The second-order valence-electron chi connectivity index (χ2n) is 4.54. The first-order valence-electron chi connectivity index (χ1n) is 6.73. The summed E-state index contributed by atoms with van der Waals surface area (Å²) in [6.45, 7) is 12.8. The Morgan fingerprint density at radius 3 is 2.11 bits per heavy atom. The minimum atomic E-state index is 0. The molecule has 0 fully saturated rings. The molecule has 0 aromatic heterocycles. The molecule has 0 bridgehead atoms. The van der Waals surface area contributed by atoms with Gasteiger partial charge in [-0.25, -0.2) is 0 Å². The van der Waals surface area contributed by atoms with E-state index in [0.717, 1.165) is 30.8 Å². The molecule has 1 aromatic carbocycles. The lowest BCUT2D eigenvalue weighted by atomic mass is 10.2. The van der Waals surface area contributed by atoms with Crippen LogP contribution in [0.25, 0.3) is 0 Å². The zero-order valence-corrected chi connectivity index (χ0v) is 13.4. The number of halogens is 1. The molecule has 0 N–H and O–H groups in total. The second kappa shape index (κ2) is 9.54. The summed E-state index contributed by atoms with van der Waals surface area (Å²) in [5, 5.41) is 0. The van der Waals surface area contributed by atoms with Crippen molar-refractivity contribution in [2.75, 3.05) is 32.8 Å². The molecule has 0 amide bonds. The Hall–Kier alpha value is -0.380. The van der Waals surface area contributed by atoms with Crippen LogP contribution in [0.5, 0.6) is 0 Å². The summed E-state index contributed by atoms with van der Waals surface area (Å²) in [5.74, 6) is 0. The van der Waals surface area contributed by atoms with Crippen molar-refractivity contribution in [2.45, 2.75) is 27.3 Å². The molecule has 0 heterocycles. The smallest absolute Gasteiger partial charge is 0.104 e. The number of rotatable bonds is 8. The molecule has 104 valence electrons. The Kier molecular flexibility index (Phi) is 9.34. The fourth-order valence-corrected chi connectivity index (χ4v) is 2.22. The van der Waals surface area contributed by atoms with E-state index in [2.05, 4.69) is 51.1 Å². The molecule has 0 aliphatic rings. The van der Waals surface area contributed by atoms with Crippen molar-refractivity contribution >= 4 is 0 Å². The molecular weight excluding hydrogens is 290 g/mol. The van der Waals surface area contributed by atoms with Crippen LogP contribution in [-0.4, -0.2) is 37.3 Å². The zero-order valence-electron chi connectivity index (χ0n) is 11.9. The lowest BCUT2D eigenvalue weighted by Gasteiger charge is -2.37. The van der Waals surface area contributed by atoms with Crippen molar-refractivity contribution < 1.29 is 26.2 Å². The van der Waals surface area contributed by atoms with Crippen LogP contribution >= 0.6 is 0 Å². The third-order valence-electron chi connectivity index (χ3n) is 3.62. The van der Waals surface area contributed by atoms with Crippen LogP contribution < -0.4 is 17.0 Å². The lowest BCUT2D eigenvalue weighted by Crippen LogP contribution is -3.00. The monoisotopic (exact) mass is 315 g/mol. The number of hydrogen-bond acceptors (Lipinski definition) is 1. The summed E-state index contributed by atoms with van der Waals surface area (Å²) in [7, 11) is 0. The lowest BCUT2D eigenvalue weighted by molar-refractivity contribution is -0.938. The highest BCUT2D eigenvalue weighted by molar-refractivity contribution is 5.13. The Bertz CT molecular complexity index is 299. The molecule has 0 saturated heterocycles. The molecule has 0 unspecified atom stereocenters. The predicted molar refractivity (Wildman–Crippen MR) is 72.8 cm³/mol. The van der Waals surface area contributed by atoms with E-state index in [4.69, 9.17) is 4.74 Å². The summed E-state index contributed by atoms with van der Waals surface area (Å²) in [6.07, 6.45) is 0. The minimum absolute atomic E-state index is 0. The zero-order chi connectivity index (χ0) is 12.6. The molecule has 0 saturated carbocycles. The van der Waals surface area contributed by atoms with Crippen LogP contribution in [0.4, 0.5) is 0 Å². The maximum atomic E-state index is 5.51. The van der Waals surface area contributed by atoms with Gasteiger partial charge in [0, 0.05) is 12.2 Å². The maximum absolute atomic E-state index is 5.51. The van der Waals surface area contributed by atoms with Crippen molar-refractivity contribution in [1.29, 1.82) is 0 Å². The van der Waals surface area contributed by atoms with Gasteiger partial charge in [-0.15, -0.1) is 0 Å². The van der Waals surface area contributed by atoms with E-state index in [-0.39, 0.29) is 17.0 Å². The van der Waals surface area contributed by atoms with Crippen LogP contribution in [0, 0.1) is 0 Å². The minimum Gasteiger partial charge on any atom is -1.00 e. The highest BCUT2D eigenvalue weighted by atomic mass is 79.9. The van der Waals surface area contributed by atoms with Crippen molar-refractivity contribution in [3.8, 4) is 0 Å². The van der Waals surface area contributed by atoms with E-state index in [1.54, 1.807) is 0 Å². The molecule has 1 rings (SSSR count). The van der Waals surface area contributed by atoms with Crippen molar-refractivity contribution in [1.82, 2.24) is 0 Å². The van der Waals surface area contributed by atoms with Gasteiger partial charge in [0.05, 0.1) is 19.7 Å². The van der Waals surface area contributed by atoms with Crippen molar-refractivity contribution in [3.63, 3.8) is 0 Å². The van der Waals surface area contributed by atoms with Crippen molar-refractivity contribution in [3.05, 3.63) is 35.9 Å². The van der Waals surface area contributed by atoms with Gasteiger partial charge in [0.15, 0.2) is 0 Å². The molecule has 2 nitrogen and oxygen atoms in total. The molecular formula is C15H26BrNO. The molecule has 1 aromatic rings. The van der Waals surface area contributed by atoms with Crippen molar-refractivity contribution in [2.24, 2.45) is 0 Å². The normalized spacial score (nSPS) is 11.1. The number of quaternary nitrogens is 1. The second-order valence-corrected chi connectivity index (χ2v) is 4.54. The first-order valence-corrected chi connectivity index (χ1v) is 6.73. The molecule has 0 aliphatic heterocycles. The van der Waals surface area contributed by atoms with Gasteiger partial charge in [0.25, 0.3) is 0 Å². The average molecular weight is 316 g/mol. The predicted octanol–water partition coefficient (Wildman–Crippen LogP) is 0.0837. The van der Waals surface area contributed by atoms with E-state index in [0.29, 0.717) is 0 Å². The van der Waals surface area contributed by atoms with E-state index >= 15 is 0 Å². The molecule has 0 radical (unpaired) electrons. The van der Waals surface area contributed by atoms with Gasteiger partial charge in [-0.2, -0.15) is 0 Å². The standard InChI is InChI=1S/C15H26NO.BrH/c1-4-16(5-2,12-13-17-6-3)14-15-10-8-7-9-11-15;/h7-11H,4-6,12-14H2,1-3H3;1H/q+1;/p-1. The van der Waals surface area contributed by atoms with Gasteiger partial charge < -0.3 is 26.2 Å². The third kappa shape index (κ3) is 5.51. The highest BCUT2D eigenvalue weighted by Gasteiger charge is 2.23. The third-order valence-corrected chi connectivity index (χ3v) is 3.62. The van der Waals surface area contributed by atoms with Crippen LogP contribution in [-0.2, 0) is 11.3 Å². The van der Waals surface area contributed by atoms with Crippen LogP contribution in [0.3, 0.4) is 0 Å². The Morgan fingerprint density at radius 2 is 1.61 bits per heavy atom. The molecule has 0 atom stereocenters. The molecule has 0 aliphatic carbocycles. The van der Waals surface area contributed by atoms with Gasteiger partial charge >= 0.3 is 0 Å². The highest BCUT2D eigenvalue weighted by Crippen LogP contribution is 2.14. The number of nitrogens with zero attached hydrogens (tertiary/aromatic N) is 1. The maximum Gasteiger partial charge on any atom is 0.104 e. The molecule has 3 heteroatoms. The Morgan fingerprint density at radius 1 is 1.00 bits per heavy atom. The van der Waals surface area contributed by atoms with Crippen LogP contribution in [0.1, 0.15) is 26.3 Å². The van der Waals surface area contributed by atoms with Crippen LogP contribution in [0.2, 0.25) is 0 Å². The van der Waals surface area contributed by atoms with Gasteiger partial charge in [0.1, 0.15) is 13.1 Å². The van der Waals surface area contributed by atoms with E-state index in [9.17, 15) is 0 Å². The van der Waals surface area contributed by atoms with E-state index in [1.165, 1.54) is 18.7 Å². The summed E-state index contributed by atoms with van der Waals surface area (Å²) >= 11 is 0. The Balaban J connectivity index is 0.00000289. The Labute approximate surface area is 122 Å². The number of likely N-dealkylation sites (N-methyl/N-ethyl adjacent to an activating group) is 1. The van der Waals surface area contributed by atoms with Gasteiger partial charge in [-0.3, -0.25) is 0 Å². The van der Waals surface area contributed by atoms with E-state index in [1.807, 2.05) is 0 Å². The van der Waals surface area contributed by atoms with E-state index < -0.39 is 0 Å².